The van der Waals surface area contributed by atoms with Gasteiger partial charge in [-0.1, -0.05) is 18.2 Å². The first-order valence-electron chi connectivity index (χ1n) is 10.4. The Morgan fingerprint density at radius 3 is 2.53 bits per heavy atom. The first-order chi connectivity index (χ1) is 15.4. The topological polar surface area (TPSA) is 70.8 Å². The summed E-state index contributed by atoms with van der Waals surface area (Å²) in [5.41, 5.74) is 2.60. The number of esters is 1. The van der Waals surface area contributed by atoms with Crippen LogP contribution in [0.5, 0.6) is 5.75 Å². The Morgan fingerprint density at radius 2 is 1.84 bits per heavy atom. The molecular formula is C25H26FNO5. The molecule has 0 saturated carbocycles. The first kappa shape index (κ1) is 23.1. The van der Waals surface area contributed by atoms with Gasteiger partial charge < -0.3 is 18.6 Å². The van der Waals surface area contributed by atoms with Gasteiger partial charge in [0.15, 0.2) is 0 Å². The van der Waals surface area contributed by atoms with E-state index in [1.54, 1.807) is 51.1 Å². The molecule has 32 heavy (non-hydrogen) atoms. The first-order valence-corrected chi connectivity index (χ1v) is 10.4. The summed E-state index contributed by atoms with van der Waals surface area (Å²) in [7, 11) is 0. The van der Waals surface area contributed by atoms with E-state index < -0.39 is 11.8 Å². The summed E-state index contributed by atoms with van der Waals surface area (Å²) in [4.78, 5) is 16.4. The van der Waals surface area contributed by atoms with Gasteiger partial charge in [-0.25, -0.2) is 14.2 Å². The number of oxazole rings is 1. The Bertz CT molecular complexity index is 1120. The van der Waals surface area contributed by atoms with Gasteiger partial charge in [0.25, 0.3) is 0 Å². The van der Waals surface area contributed by atoms with E-state index in [1.807, 2.05) is 19.1 Å². The molecule has 0 atom stereocenters. The van der Waals surface area contributed by atoms with Crippen LogP contribution in [-0.4, -0.2) is 24.2 Å². The second-order valence-electron chi connectivity index (χ2n) is 6.97. The number of carbonyl (C=O) groups excluding carboxylic acids is 1. The average Bonchev–Trinajstić information content (AvgIpc) is 3.14. The van der Waals surface area contributed by atoms with Gasteiger partial charge in [0.1, 0.15) is 29.6 Å². The molecule has 1 heterocycles. The number of aromatic nitrogens is 1. The van der Waals surface area contributed by atoms with E-state index in [0.29, 0.717) is 29.4 Å². The highest BCUT2D eigenvalue weighted by molar-refractivity contribution is 5.91. The molecule has 7 heteroatoms. The maximum Gasteiger partial charge on any atom is 0.373 e. The minimum Gasteiger partial charge on any atom is -0.487 e. The predicted octanol–water partition coefficient (Wildman–Crippen LogP) is 5.62. The van der Waals surface area contributed by atoms with E-state index in [9.17, 15) is 9.18 Å². The lowest BCUT2D eigenvalue weighted by atomic mass is 10.1. The molecule has 3 rings (SSSR count). The van der Waals surface area contributed by atoms with E-state index in [4.69, 9.17) is 18.6 Å². The van der Waals surface area contributed by atoms with Crippen LogP contribution in [0.25, 0.3) is 17.5 Å². The third-order valence-electron chi connectivity index (χ3n) is 4.68. The van der Waals surface area contributed by atoms with Gasteiger partial charge in [0.05, 0.1) is 18.8 Å². The fourth-order valence-electron chi connectivity index (χ4n) is 3.02. The zero-order chi connectivity index (χ0) is 23.1. The summed E-state index contributed by atoms with van der Waals surface area (Å²) >= 11 is 0. The monoisotopic (exact) mass is 439 g/mol. The Hall–Kier alpha value is -3.61. The Labute approximate surface area is 186 Å². The van der Waals surface area contributed by atoms with Crippen molar-refractivity contribution in [1.82, 2.24) is 4.98 Å². The number of aryl methyl sites for hydroxylation is 2. The van der Waals surface area contributed by atoms with E-state index in [2.05, 4.69) is 4.98 Å². The van der Waals surface area contributed by atoms with Crippen LogP contribution in [0.2, 0.25) is 0 Å². The lowest BCUT2D eigenvalue weighted by molar-refractivity contribution is -0.142. The van der Waals surface area contributed by atoms with Crippen LogP contribution in [0.3, 0.4) is 0 Å². The zero-order valence-electron chi connectivity index (χ0n) is 18.6. The molecule has 0 bridgehead atoms. The number of nitrogens with zero attached hydrogens (tertiary/aromatic N) is 1. The average molecular weight is 439 g/mol. The Balaban J connectivity index is 1.73. The van der Waals surface area contributed by atoms with Gasteiger partial charge in [-0.15, -0.1) is 0 Å². The van der Waals surface area contributed by atoms with E-state index >= 15 is 0 Å². The molecule has 0 saturated heterocycles. The molecule has 0 radical (unpaired) electrons. The molecule has 168 valence electrons. The number of rotatable bonds is 9. The predicted molar refractivity (Wildman–Crippen MR) is 118 cm³/mol. The van der Waals surface area contributed by atoms with Crippen molar-refractivity contribution in [3.63, 3.8) is 0 Å². The highest BCUT2D eigenvalue weighted by Gasteiger charge is 2.16. The summed E-state index contributed by atoms with van der Waals surface area (Å²) in [5, 5.41) is 0. The second-order valence-corrected chi connectivity index (χ2v) is 6.97. The molecule has 2 aromatic carbocycles. The summed E-state index contributed by atoms with van der Waals surface area (Å²) < 4.78 is 36.0. The lowest BCUT2D eigenvalue weighted by Gasteiger charge is -2.10. The minimum atomic E-state index is -0.499. The summed E-state index contributed by atoms with van der Waals surface area (Å²) in [6.45, 7) is 8.03. The smallest absolute Gasteiger partial charge is 0.373 e. The molecule has 0 aliphatic heterocycles. The van der Waals surface area contributed by atoms with Gasteiger partial charge in [-0.05, 0) is 69.2 Å². The van der Waals surface area contributed by atoms with E-state index in [1.165, 1.54) is 6.07 Å². The van der Waals surface area contributed by atoms with Crippen LogP contribution in [0.15, 0.2) is 52.6 Å². The second kappa shape index (κ2) is 10.6. The third kappa shape index (κ3) is 5.55. The zero-order valence-corrected chi connectivity index (χ0v) is 18.6. The van der Waals surface area contributed by atoms with Crippen LogP contribution in [0.1, 0.15) is 36.4 Å². The van der Waals surface area contributed by atoms with Crippen molar-refractivity contribution in [3.05, 3.63) is 76.6 Å². The maximum atomic E-state index is 14.0. The van der Waals surface area contributed by atoms with Crippen LogP contribution >= 0.6 is 0 Å². The van der Waals surface area contributed by atoms with Gasteiger partial charge in [0, 0.05) is 0 Å². The fraction of sp³-hybridized carbons (Fsp3) is 0.280. The molecule has 6 nitrogen and oxygen atoms in total. The number of benzene rings is 2. The summed E-state index contributed by atoms with van der Waals surface area (Å²) in [5.74, 6) is 0.679. The van der Waals surface area contributed by atoms with Gasteiger partial charge in [-0.3, -0.25) is 0 Å². The number of carbonyl (C=O) groups is 1. The van der Waals surface area contributed by atoms with Gasteiger partial charge >= 0.3 is 5.97 Å². The number of hydrogen-bond acceptors (Lipinski definition) is 6. The van der Waals surface area contributed by atoms with Crippen molar-refractivity contribution < 1.29 is 27.8 Å². The number of halogens is 1. The standard InChI is InChI=1S/C25H26FNO5/c1-5-29-23(25(28)30-6-2)14-18-11-12-19(13-16(18)3)31-15-22-17(4)32-24(27-22)20-9-7-8-10-21(20)26/h7-14H,5-6,15H2,1-4H3. The van der Waals surface area contributed by atoms with E-state index in [-0.39, 0.29) is 24.9 Å². The van der Waals surface area contributed by atoms with Crippen molar-refractivity contribution >= 4 is 12.0 Å². The van der Waals surface area contributed by atoms with Crippen molar-refractivity contribution in [3.8, 4) is 17.2 Å². The molecule has 0 N–H and O–H groups in total. The van der Waals surface area contributed by atoms with Crippen LogP contribution in [0.4, 0.5) is 4.39 Å². The molecule has 3 aromatic rings. The molecular weight excluding hydrogens is 413 g/mol. The van der Waals surface area contributed by atoms with Gasteiger partial charge in [-0.2, -0.15) is 0 Å². The molecule has 0 fully saturated rings. The maximum absolute atomic E-state index is 14.0. The molecule has 1 aromatic heterocycles. The highest BCUT2D eigenvalue weighted by atomic mass is 19.1. The highest BCUT2D eigenvalue weighted by Crippen LogP contribution is 2.26. The summed E-state index contributed by atoms with van der Waals surface area (Å²) in [6, 6.07) is 11.8. The molecule has 0 aliphatic rings. The molecule has 0 amide bonds. The van der Waals surface area contributed by atoms with Crippen LogP contribution < -0.4 is 4.74 Å². The number of ether oxygens (including phenoxy) is 3. The van der Waals surface area contributed by atoms with Crippen molar-refractivity contribution in [2.45, 2.75) is 34.3 Å². The van der Waals surface area contributed by atoms with Crippen molar-refractivity contribution in [2.75, 3.05) is 13.2 Å². The van der Waals surface area contributed by atoms with Crippen molar-refractivity contribution in [1.29, 1.82) is 0 Å². The molecule has 0 unspecified atom stereocenters. The largest absolute Gasteiger partial charge is 0.487 e. The fourth-order valence-corrected chi connectivity index (χ4v) is 3.02. The summed E-state index contributed by atoms with van der Waals surface area (Å²) in [6.07, 6.45) is 1.66. The number of hydrogen-bond donors (Lipinski definition) is 0. The third-order valence-corrected chi connectivity index (χ3v) is 4.68. The van der Waals surface area contributed by atoms with Gasteiger partial charge in [0.2, 0.25) is 11.6 Å². The SMILES string of the molecule is CCOC(=O)C(=Cc1ccc(OCc2nc(-c3ccccc3F)oc2C)cc1C)OCC. The van der Waals surface area contributed by atoms with Crippen molar-refractivity contribution in [2.24, 2.45) is 0 Å². The molecule has 0 spiro atoms. The quantitative estimate of drug-likeness (QED) is 0.245. The normalized spacial score (nSPS) is 11.3. The Morgan fingerprint density at radius 1 is 1.09 bits per heavy atom. The van der Waals surface area contributed by atoms with E-state index in [0.717, 1.165) is 11.1 Å². The van der Waals surface area contributed by atoms with Crippen LogP contribution in [0, 0.1) is 19.7 Å². The van der Waals surface area contributed by atoms with Crippen LogP contribution in [-0.2, 0) is 20.9 Å². The Kier molecular flexibility index (Phi) is 7.65. The minimum absolute atomic E-state index is 0.157. The lowest BCUT2D eigenvalue weighted by Crippen LogP contribution is -2.10. The molecule has 0 aliphatic carbocycles.